The topological polar surface area (TPSA) is 23.8 Å². The molecule has 15 heavy (non-hydrogen) atoms. The van der Waals surface area contributed by atoms with Crippen LogP contribution < -0.4 is 0 Å². The largest absolute Gasteiger partial charge is 0.418 e. The number of benzene rings is 1. The predicted octanol–water partition coefficient (Wildman–Crippen LogP) is 4.19. The summed E-state index contributed by atoms with van der Waals surface area (Å²) in [5.41, 5.74) is -1.06. The molecule has 0 saturated carbocycles. The molecule has 1 aromatic rings. The van der Waals surface area contributed by atoms with Gasteiger partial charge in [-0.3, -0.25) is 0 Å². The second kappa shape index (κ2) is 4.42. The van der Waals surface area contributed by atoms with Gasteiger partial charge in [0.15, 0.2) is 0 Å². The van der Waals surface area contributed by atoms with Gasteiger partial charge in [0.25, 0.3) is 0 Å². The van der Waals surface area contributed by atoms with Gasteiger partial charge in [-0.2, -0.15) is 18.4 Å². The predicted molar refractivity (Wildman–Crippen MR) is 53.5 cm³/mol. The lowest BCUT2D eigenvalue weighted by Gasteiger charge is -2.13. The number of hydrogen-bond acceptors (Lipinski definition) is 1. The lowest BCUT2D eigenvalue weighted by Crippen LogP contribution is -2.10. The van der Waals surface area contributed by atoms with Crippen molar-refractivity contribution >= 4 is 27.5 Å². The monoisotopic (exact) mass is 297 g/mol. The van der Waals surface area contributed by atoms with Crippen LogP contribution >= 0.6 is 27.5 Å². The lowest BCUT2D eigenvalue weighted by molar-refractivity contribution is -0.138. The average Bonchev–Trinajstić information content (AvgIpc) is 2.10. The molecule has 0 unspecified atom stereocenters. The van der Waals surface area contributed by atoms with Crippen LogP contribution in [0, 0.1) is 11.3 Å². The minimum atomic E-state index is -4.55. The Labute approximate surface area is 97.6 Å². The summed E-state index contributed by atoms with van der Waals surface area (Å²) in [7, 11) is 0. The summed E-state index contributed by atoms with van der Waals surface area (Å²) in [6.07, 6.45) is -4.87. The molecule has 0 fully saturated rings. The van der Waals surface area contributed by atoms with Crippen molar-refractivity contribution in [2.75, 3.05) is 0 Å². The van der Waals surface area contributed by atoms with E-state index in [4.69, 9.17) is 16.9 Å². The van der Waals surface area contributed by atoms with Crippen LogP contribution in [0.4, 0.5) is 13.2 Å². The molecule has 0 aliphatic heterocycles. The smallest absolute Gasteiger partial charge is 0.198 e. The molecule has 1 nitrogen and oxygen atoms in total. The van der Waals surface area contributed by atoms with E-state index in [-0.39, 0.29) is 16.5 Å². The Morgan fingerprint density at radius 3 is 2.47 bits per heavy atom. The Balaban J connectivity index is 3.43. The third kappa shape index (κ3) is 2.64. The number of rotatable bonds is 1. The minimum absolute atomic E-state index is 0.113. The molecule has 0 aromatic heterocycles. The molecule has 6 heteroatoms. The van der Waals surface area contributed by atoms with Gasteiger partial charge in [0.05, 0.1) is 23.1 Å². The van der Waals surface area contributed by atoms with Crippen molar-refractivity contribution in [3.05, 3.63) is 32.8 Å². The maximum atomic E-state index is 12.6. The summed E-state index contributed by atoms with van der Waals surface area (Å²) in [5, 5.41) is 7.99. The normalized spacial score (nSPS) is 11.2. The standard InChI is InChI=1S/C9H4BrClF3N/c10-6-2-1-5(3-4-15)7(8(6)11)9(12,13)14/h1-2H,3H2. The quantitative estimate of drug-likeness (QED) is 0.762. The molecular weight excluding hydrogens is 294 g/mol. The highest BCUT2D eigenvalue weighted by Crippen LogP contribution is 2.40. The molecule has 1 rings (SSSR count). The maximum Gasteiger partial charge on any atom is 0.418 e. The molecule has 1 aromatic carbocycles. The summed E-state index contributed by atoms with van der Waals surface area (Å²) in [4.78, 5) is 0. The van der Waals surface area contributed by atoms with Crippen LogP contribution in [0.15, 0.2) is 16.6 Å². The van der Waals surface area contributed by atoms with Gasteiger partial charge in [0.1, 0.15) is 0 Å². The Bertz CT molecular complexity index is 423. The SMILES string of the molecule is N#CCc1ccc(Br)c(Cl)c1C(F)(F)F. The van der Waals surface area contributed by atoms with E-state index < -0.39 is 16.8 Å². The molecule has 0 saturated heterocycles. The van der Waals surface area contributed by atoms with Crippen LogP contribution in [0.1, 0.15) is 11.1 Å². The van der Waals surface area contributed by atoms with Crippen molar-refractivity contribution in [2.45, 2.75) is 12.6 Å². The first-order chi connectivity index (χ1) is 6.88. The number of alkyl halides is 3. The number of halogens is 5. The molecule has 0 bridgehead atoms. The third-order valence-electron chi connectivity index (χ3n) is 1.73. The molecule has 0 radical (unpaired) electrons. The summed E-state index contributed by atoms with van der Waals surface area (Å²) < 4.78 is 38.0. The fraction of sp³-hybridized carbons (Fsp3) is 0.222. The van der Waals surface area contributed by atoms with Crippen LogP contribution in [0.3, 0.4) is 0 Å². The molecule has 0 amide bonds. The molecule has 0 aliphatic carbocycles. The van der Waals surface area contributed by atoms with E-state index in [9.17, 15) is 13.2 Å². The lowest BCUT2D eigenvalue weighted by atomic mass is 10.0. The molecule has 0 aliphatic rings. The van der Waals surface area contributed by atoms with E-state index in [1.807, 2.05) is 0 Å². The maximum absolute atomic E-state index is 12.6. The molecule has 0 atom stereocenters. The fourth-order valence-corrected chi connectivity index (χ4v) is 1.75. The molecule has 0 spiro atoms. The average molecular weight is 298 g/mol. The van der Waals surface area contributed by atoms with E-state index in [1.54, 1.807) is 6.07 Å². The van der Waals surface area contributed by atoms with E-state index in [0.717, 1.165) is 0 Å². The van der Waals surface area contributed by atoms with Gasteiger partial charge in [0.2, 0.25) is 0 Å². The van der Waals surface area contributed by atoms with Crippen molar-refractivity contribution in [1.82, 2.24) is 0 Å². The zero-order valence-corrected chi connectivity index (χ0v) is 9.54. The van der Waals surface area contributed by atoms with Crippen LogP contribution in [0.5, 0.6) is 0 Å². The highest BCUT2D eigenvalue weighted by molar-refractivity contribution is 9.10. The highest BCUT2D eigenvalue weighted by atomic mass is 79.9. The Hall–Kier alpha value is -0.730. The zero-order valence-electron chi connectivity index (χ0n) is 7.20. The first kappa shape index (κ1) is 12.3. The van der Waals surface area contributed by atoms with E-state index in [1.165, 1.54) is 12.1 Å². The summed E-state index contributed by atoms with van der Waals surface area (Å²) in [5.74, 6) is 0. The number of nitriles is 1. The molecule has 0 N–H and O–H groups in total. The van der Waals surface area contributed by atoms with Gasteiger partial charge < -0.3 is 0 Å². The first-order valence-electron chi connectivity index (χ1n) is 3.79. The molecule has 80 valence electrons. The van der Waals surface area contributed by atoms with Gasteiger partial charge in [-0.15, -0.1) is 0 Å². The van der Waals surface area contributed by atoms with Crippen molar-refractivity contribution in [2.24, 2.45) is 0 Å². The van der Waals surface area contributed by atoms with E-state index in [2.05, 4.69) is 15.9 Å². The van der Waals surface area contributed by atoms with Gasteiger partial charge in [0, 0.05) is 4.47 Å². The summed E-state index contributed by atoms with van der Waals surface area (Å²) >= 11 is 8.45. The van der Waals surface area contributed by atoms with Crippen LogP contribution in [-0.2, 0) is 12.6 Å². The zero-order chi connectivity index (χ0) is 11.6. The summed E-state index contributed by atoms with van der Waals surface area (Å²) in [6, 6.07) is 4.30. The third-order valence-corrected chi connectivity index (χ3v) is 3.02. The Morgan fingerprint density at radius 2 is 2.00 bits per heavy atom. The van der Waals surface area contributed by atoms with Crippen molar-refractivity contribution in [3.8, 4) is 6.07 Å². The van der Waals surface area contributed by atoms with Gasteiger partial charge >= 0.3 is 6.18 Å². The van der Waals surface area contributed by atoms with Crippen LogP contribution in [0.25, 0.3) is 0 Å². The van der Waals surface area contributed by atoms with Crippen LogP contribution in [0.2, 0.25) is 5.02 Å². The number of nitrogens with zero attached hydrogens (tertiary/aromatic N) is 1. The van der Waals surface area contributed by atoms with Crippen molar-refractivity contribution < 1.29 is 13.2 Å². The van der Waals surface area contributed by atoms with Crippen molar-refractivity contribution in [3.63, 3.8) is 0 Å². The minimum Gasteiger partial charge on any atom is -0.198 e. The van der Waals surface area contributed by atoms with Gasteiger partial charge in [-0.1, -0.05) is 17.7 Å². The van der Waals surface area contributed by atoms with Gasteiger partial charge in [-0.25, -0.2) is 0 Å². The Morgan fingerprint density at radius 1 is 1.40 bits per heavy atom. The fourth-order valence-electron chi connectivity index (χ4n) is 1.13. The highest BCUT2D eigenvalue weighted by Gasteiger charge is 2.36. The summed E-state index contributed by atoms with van der Waals surface area (Å²) in [6.45, 7) is 0. The second-order valence-corrected chi connectivity index (χ2v) is 3.96. The van der Waals surface area contributed by atoms with E-state index in [0.29, 0.717) is 0 Å². The van der Waals surface area contributed by atoms with Crippen LogP contribution in [-0.4, -0.2) is 0 Å². The Kier molecular flexibility index (Phi) is 3.63. The first-order valence-corrected chi connectivity index (χ1v) is 4.96. The molecule has 0 heterocycles. The number of hydrogen-bond donors (Lipinski definition) is 0. The van der Waals surface area contributed by atoms with Crippen molar-refractivity contribution in [1.29, 1.82) is 5.26 Å². The van der Waals surface area contributed by atoms with Gasteiger partial charge in [-0.05, 0) is 27.6 Å². The second-order valence-electron chi connectivity index (χ2n) is 2.73. The van der Waals surface area contributed by atoms with E-state index >= 15 is 0 Å². The molecular formula is C9H4BrClF3N.